The summed E-state index contributed by atoms with van der Waals surface area (Å²) in [5.74, 6) is 0.755. The summed E-state index contributed by atoms with van der Waals surface area (Å²) in [6.07, 6.45) is 5.30. The van der Waals surface area contributed by atoms with Crippen LogP contribution < -0.4 is 4.74 Å². The van der Waals surface area contributed by atoms with E-state index in [4.69, 9.17) is 18.6 Å². The number of ether oxygens (including phenoxy) is 3. The minimum absolute atomic E-state index is 0.210. The van der Waals surface area contributed by atoms with Crippen molar-refractivity contribution in [2.24, 2.45) is 0 Å². The van der Waals surface area contributed by atoms with E-state index in [-0.39, 0.29) is 11.7 Å². The van der Waals surface area contributed by atoms with Gasteiger partial charge in [-0.25, -0.2) is 0 Å². The zero-order valence-electron chi connectivity index (χ0n) is 19.4. The molecule has 2 atom stereocenters. The lowest BCUT2D eigenvalue weighted by molar-refractivity contribution is -0.121. The van der Waals surface area contributed by atoms with Crippen molar-refractivity contribution in [3.05, 3.63) is 89.9 Å². The summed E-state index contributed by atoms with van der Waals surface area (Å²) >= 11 is 0. The molecular weight excluding hydrogens is 426 g/mol. The number of rotatable bonds is 6. The maximum atomic E-state index is 9.50. The molecule has 34 heavy (non-hydrogen) atoms. The molecule has 0 spiro atoms. The van der Waals surface area contributed by atoms with Gasteiger partial charge in [0.05, 0.1) is 42.5 Å². The van der Waals surface area contributed by atoms with Gasteiger partial charge in [0.25, 0.3) is 0 Å². The Kier molecular flexibility index (Phi) is 6.10. The number of fused-ring (bicyclic) bond motifs is 1. The van der Waals surface area contributed by atoms with Crippen LogP contribution in [0, 0.1) is 11.3 Å². The van der Waals surface area contributed by atoms with Crippen LogP contribution in [0.1, 0.15) is 36.5 Å². The Morgan fingerprint density at radius 1 is 1.12 bits per heavy atom. The summed E-state index contributed by atoms with van der Waals surface area (Å²) in [5.41, 5.74) is 4.36. The summed E-state index contributed by atoms with van der Waals surface area (Å²) in [7, 11) is 1.77. The molecule has 1 saturated heterocycles. The van der Waals surface area contributed by atoms with Crippen molar-refractivity contribution in [1.82, 2.24) is 0 Å². The fraction of sp³-hybridized carbons (Fsp3) is 0.276. The summed E-state index contributed by atoms with van der Waals surface area (Å²) in [6, 6.07) is 22.3. The monoisotopic (exact) mass is 453 g/mol. The van der Waals surface area contributed by atoms with Gasteiger partial charge in [0, 0.05) is 19.1 Å². The lowest BCUT2D eigenvalue weighted by Crippen LogP contribution is -2.37. The highest BCUT2D eigenvalue weighted by atomic mass is 16.5. The minimum atomic E-state index is -0.366. The zero-order valence-corrected chi connectivity index (χ0v) is 19.4. The number of nitriles is 1. The van der Waals surface area contributed by atoms with Crippen LogP contribution in [0.25, 0.3) is 21.9 Å². The van der Waals surface area contributed by atoms with Gasteiger partial charge in [-0.3, -0.25) is 0 Å². The number of methoxy groups -OCH3 is 1. The van der Waals surface area contributed by atoms with Crippen LogP contribution in [0.4, 0.5) is 0 Å². The first-order valence-corrected chi connectivity index (χ1v) is 11.5. The molecule has 1 aliphatic heterocycles. The smallest absolute Gasteiger partial charge is 0.120 e. The second-order valence-corrected chi connectivity index (χ2v) is 8.95. The third-order valence-electron chi connectivity index (χ3n) is 6.64. The fourth-order valence-electron chi connectivity index (χ4n) is 4.73. The van der Waals surface area contributed by atoms with Crippen molar-refractivity contribution in [2.45, 2.75) is 38.1 Å². The highest BCUT2D eigenvalue weighted by Crippen LogP contribution is 2.36. The molecule has 1 unspecified atom stereocenters. The van der Waals surface area contributed by atoms with Crippen molar-refractivity contribution in [3.63, 3.8) is 0 Å². The normalized spacial score (nSPS) is 20.2. The molecule has 0 amide bonds. The molecule has 4 aromatic rings. The van der Waals surface area contributed by atoms with E-state index in [2.05, 4.69) is 37.3 Å². The van der Waals surface area contributed by atoms with Gasteiger partial charge < -0.3 is 18.6 Å². The van der Waals surface area contributed by atoms with Crippen molar-refractivity contribution in [2.75, 3.05) is 13.7 Å². The molecular formula is C29H27NO4. The average Bonchev–Trinajstić information content (AvgIpc) is 3.41. The van der Waals surface area contributed by atoms with Gasteiger partial charge in [-0.05, 0) is 77.2 Å². The standard InChI is InChI=1S/C29H27NO4/c1-29(16-26(31-2)9-11-34-29)24-5-3-4-20(13-24)18-33-25-6-7-27-23(15-25)12-21(17-30)14-28(27)22-8-10-32-19-22/h3-8,10,12-15,19,26H,9,11,16,18H2,1-2H3/t26-,29?/m0/s1. The van der Waals surface area contributed by atoms with E-state index in [1.165, 1.54) is 0 Å². The van der Waals surface area contributed by atoms with Crippen LogP contribution in [-0.4, -0.2) is 19.8 Å². The van der Waals surface area contributed by atoms with Gasteiger partial charge in [-0.15, -0.1) is 0 Å². The lowest BCUT2D eigenvalue weighted by atomic mass is 9.86. The van der Waals surface area contributed by atoms with Crippen molar-refractivity contribution < 1.29 is 18.6 Å². The molecule has 5 nitrogen and oxygen atoms in total. The van der Waals surface area contributed by atoms with E-state index in [1.54, 1.807) is 19.6 Å². The molecule has 5 heteroatoms. The first-order valence-electron chi connectivity index (χ1n) is 11.5. The van der Waals surface area contributed by atoms with E-state index in [0.29, 0.717) is 18.8 Å². The Bertz CT molecular complexity index is 1340. The molecule has 0 aliphatic carbocycles. The highest BCUT2D eigenvalue weighted by Gasteiger charge is 2.35. The predicted octanol–water partition coefficient (Wildman–Crippen LogP) is 6.59. The average molecular weight is 454 g/mol. The van der Waals surface area contributed by atoms with E-state index in [0.717, 1.165) is 51.6 Å². The van der Waals surface area contributed by atoms with Crippen LogP contribution in [0.15, 0.2) is 77.6 Å². The second-order valence-electron chi connectivity index (χ2n) is 8.95. The van der Waals surface area contributed by atoms with Crippen LogP contribution in [0.3, 0.4) is 0 Å². The molecule has 0 N–H and O–H groups in total. The summed E-state index contributed by atoms with van der Waals surface area (Å²) in [4.78, 5) is 0. The lowest BCUT2D eigenvalue weighted by Gasteiger charge is -2.38. The number of nitrogens with zero attached hydrogens (tertiary/aromatic N) is 1. The van der Waals surface area contributed by atoms with Gasteiger partial charge >= 0.3 is 0 Å². The van der Waals surface area contributed by atoms with Gasteiger partial charge in [0.2, 0.25) is 0 Å². The number of hydrogen-bond acceptors (Lipinski definition) is 5. The zero-order chi connectivity index (χ0) is 23.5. The molecule has 0 saturated carbocycles. The van der Waals surface area contributed by atoms with Crippen molar-refractivity contribution in [3.8, 4) is 22.9 Å². The molecule has 1 aliphatic rings. The Morgan fingerprint density at radius 2 is 2.03 bits per heavy atom. The van der Waals surface area contributed by atoms with E-state index >= 15 is 0 Å². The molecule has 0 bridgehead atoms. The van der Waals surface area contributed by atoms with Crippen LogP contribution in [-0.2, 0) is 21.7 Å². The third kappa shape index (κ3) is 4.43. The number of hydrogen-bond donors (Lipinski definition) is 0. The van der Waals surface area contributed by atoms with E-state index in [1.807, 2.05) is 36.4 Å². The van der Waals surface area contributed by atoms with Crippen molar-refractivity contribution in [1.29, 1.82) is 5.26 Å². The molecule has 2 heterocycles. The Hall–Kier alpha value is -3.59. The van der Waals surface area contributed by atoms with Gasteiger partial charge in [0.1, 0.15) is 12.4 Å². The summed E-state index contributed by atoms with van der Waals surface area (Å²) in [5, 5.41) is 11.5. The van der Waals surface area contributed by atoms with Gasteiger partial charge in [-0.1, -0.05) is 24.3 Å². The van der Waals surface area contributed by atoms with Crippen molar-refractivity contribution >= 4 is 10.8 Å². The Morgan fingerprint density at radius 3 is 2.82 bits per heavy atom. The summed E-state index contributed by atoms with van der Waals surface area (Å²) < 4.78 is 23.2. The first kappa shape index (κ1) is 22.2. The van der Waals surface area contributed by atoms with Crippen LogP contribution in [0.2, 0.25) is 0 Å². The number of furan rings is 1. The molecule has 0 radical (unpaired) electrons. The van der Waals surface area contributed by atoms with Crippen LogP contribution >= 0.6 is 0 Å². The highest BCUT2D eigenvalue weighted by molar-refractivity contribution is 5.98. The van der Waals surface area contributed by atoms with Gasteiger partial charge in [-0.2, -0.15) is 5.26 Å². The molecule has 5 rings (SSSR count). The quantitative estimate of drug-likeness (QED) is 0.329. The van der Waals surface area contributed by atoms with Gasteiger partial charge in [0.15, 0.2) is 0 Å². The topological polar surface area (TPSA) is 64.6 Å². The number of benzene rings is 3. The molecule has 172 valence electrons. The maximum Gasteiger partial charge on any atom is 0.120 e. The fourth-order valence-corrected chi connectivity index (χ4v) is 4.73. The predicted molar refractivity (Wildman–Crippen MR) is 130 cm³/mol. The third-order valence-corrected chi connectivity index (χ3v) is 6.64. The molecule has 1 aromatic heterocycles. The SMILES string of the molecule is CO[C@H]1CCOC(C)(c2cccc(COc3ccc4c(-c5ccoc5)cc(C#N)cc4c3)c2)C1. The largest absolute Gasteiger partial charge is 0.489 e. The minimum Gasteiger partial charge on any atom is -0.489 e. The Labute approximate surface area is 199 Å². The second kappa shape index (κ2) is 9.34. The summed E-state index contributed by atoms with van der Waals surface area (Å²) in [6.45, 7) is 3.26. The maximum absolute atomic E-state index is 9.50. The molecule has 1 fully saturated rings. The first-order chi connectivity index (χ1) is 16.6. The van der Waals surface area contributed by atoms with E-state index in [9.17, 15) is 5.26 Å². The molecule has 3 aromatic carbocycles. The Balaban J connectivity index is 1.38. The van der Waals surface area contributed by atoms with Crippen LogP contribution in [0.5, 0.6) is 5.75 Å². The van der Waals surface area contributed by atoms with E-state index < -0.39 is 0 Å².